The number of halogens is 8. The van der Waals surface area contributed by atoms with Crippen molar-refractivity contribution in [3.8, 4) is 5.75 Å². The van der Waals surface area contributed by atoms with E-state index in [-0.39, 0.29) is 12.2 Å². The highest BCUT2D eigenvalue weighted by atomic mass is 79.9. The Bertz CT molecular complexity index is 826. The minimum absolute atomic E-state index is 0.151. The first-order chi connectivity index (χ1) is 12.9. The first-order valence-electron chi connectivity index (χ1n) is 7.53. The van der Waals surface area contributed by atoms with Gasteiger partial charge in [-0.1, -0.05) is 30.3 Å². The lowest BCUT2D eigenvalue weighted by atomic mass is 10.2. The standard InChI is InChI=1S/C17H12BrF7N2O/c18-13-8-12(6-7-14(13)28-10-11-4-2-1-3-5-11)9-26-27-17(24,25)15(19,20)16(21,22)23/h1-9,27H,10H2/b26-9+. The van der Waals surface area contributed by atoms with Gasteiger partial charge in [-0.2, -0.15) is 35.8 Å². The Morgan fingerprint density at radius 1 is 0.964 bits per heavy atom. The molecule has 2 rings (SSSR count). The lowest BCUT2D eigenvalue weighted by molar-refractivity contribution is -0.361. The summed E-state index contributed by atoms with van der Waals surface area (Å²) in [7, 11) is 0. The lowest BCUT2D eigenvalue weighted by Gasteiger charge is -2.27. The number of benzene rings is 2. The number of nitrogens with one attached hydrogen (secondary N) is 1. The summed E-state index contributed by atoms with van der Waals surface area (Å²) >= 11 is 3.19. The molecule has 2 aromatic rings. The molecule has 0 saturated carbocycles. The Morgan fingerprint density at radius 2 is 1.61 bits per heavy atom. The third-order valence-corrected chi connectivity index (χ3v) is 3.98. The van der Waals surface area contributed by atoms with Crippen LogP contribution in [-0.2, 0) is 6.61 Å². The van der Waals surface area contributed by atoms with Crippen LogP contribution in [0.1, 0.15) is 11.1 Å². The van der Waals surface area contributed by atoms with E-state index in [0.717, 1.165) is 5.56 Å². The van der Waals surface area contributed by atoms with Crippen molar-refractivity contribution in [1.82, 2.24) is 5.43 Å². The Labute approximate surface area is 163 Å². The van der Waals surface area contributed by atoms with Gasteiger partial charge in [0.25, 0.3) is 0 Å². The summed E-state index contributed by atoms with van der Waals surface area (Å²) in [5, 5.41) is 2.79. The molecule has 0 saturated heterocycles. The fourth-order valence-electron chi connectivity index (χ4n) is 1.89. The lowest BCUT2D eigenvalue weighted by Crippen LogP contribution is -2.58. The average molecular weight is 473 g/mol. The fourth-order valence-corrected chi connectivity index (χ4v) is 2.40. The van der Waals surface area contributed by atoms with E-state index in [1.807, 2.05) is 30.3 Å². The van der Waals surface area contributed by atoms with Gasteiger partial charge in [0.2, 0.25) is 0 Å². The second-order valence-corrected chi connectivity index (χ2v) is 6.34. The molecule has 0 aliphatic carbocycles. The van der Waals surface area contributed by atoms with Gasteiger partial charge in [0.15, 0.2) is 0 Å². The van der Waals surface area contributed by atoms with Crippen LogP contribution in [0.15, 0.2) is 58.1 Å². The van der Waals surface area contributed by atoms with Gasteiger partial charge in [-0.05, 0) is 45.3 Å². The molecule has 0 aromatic heterocycles. The molecule has 0 fully saturated rings. The van der Waals surface area contributed by atoms with E-state index < -0.39 is 18.1 Å². The van der Waals surface area contributed by atoms with Crippen molar-refractivity contribution in [3.05, 3.63) is 64.1 Å². The molecule has 0 bridgehead atoms. The Kier molecular flexibility index (Phi) is 6.58. The molecule has 0 spiro atoms. The van der Waals surface area contributed by atoms with E-state index in [1.54, 1.807) is 0 Å². The molecule has 0 radical (unpaired) electrons. The minimum atomic E-state index is -6.43. The van der Waals surface area contributed by atoms with Crippen LogP contribution >= 0.6 is 15.9 Å². The third-order valence-electron chi connectivity index (χ3n) is 3.36. The summed E-state index contributed by atoms with van der Waals surface area (Å²) in [6.45, 7) is 0.257. The van der Waals surface area contributed by atoms with Crippen LogP contribution in [0.3, 0.4) is 0 Å². The number of nitrogens with zero attached hydrogens (tertiary/aromatic N) is 1. The zero-order valence-electron chi connectivity index (χ0n) is 13.8. The predicted molar refractivity (Wildman–Crippen MR) is 91.6 cm³/mol. The van der Waals surface area contributed by atoms with E-state index in [9.17, 15) is 30.7 Å². The van der Waals surface area contributed by atoms with Gasteiger partial charge in [-0.3, -0.25) is 0 Å². The number of alkyl halides is 7. The van der Waals surface area contributed by atoms with Crippen molar-refractivity contribution in [2.24, 2.45) is 5.10 Å². The van der Waals surface area contributed by atoms with E-state index >= 15 is 0 Å². The second kappa shape index (κ2) is 8.38. The molecule has 0 heterocycles. The van der Waals surface area contributed by atoms with Crippen molar-refractivity contribution in [2.45, 2.75) is 24.8 Å². The summed E-state index contributed by atoms with van der Waals surface area (Å²) in [5.74, 6) is -5.88. The first kappa shape index (κ1) is 22.0. The van der Waals surface area contributed by atoms with Crippen LogP contribution in [-0.4, -0.2) is 24.4 Å². The molecule has 0 aliphatic rings. The molecule has 3 nitrogen and oxygen atoms in total. The monoisotopic (exact) mass is 472 g/mol. The molecule has 0 amide bonds. The zero-order chi connectivity index (χ0) is 21.0. The molecular weight excluding hydrogens is 461 g/mol. The molecule has 1 N–H and O–H groups in total. The van der Waals surface area contributed by atoms with Crippen molar-refractivity contribution >= 4 is 22.1 Å². The topological polar surface area (TPSA) is 33.6 Å². The maximum Gasteiger partial charge on any atom is 0.462 e. The minimum Gasteiger partial charge on any atom is -0.488 e. The largest absolute Gasteiger partial charge is 0.488 e. The average Bonchev–Trinajstić information content (AvgIpc) is 2.60. The number of hydrogen-bond acceptors (Lipinski definition) is 3. The second-order valence-electron chi connectivity index (χ2n) is 5.48. The van der Waals surface area contributed by atoms with Gasteiger partial charge >= 0.3 is 18.1 Å². The molecule has 152 valence electrons. The summed E-state index contributed by atoms with van der Waals surface area (Å²) in [5.41, 5.74) is 1.61. The smallest absolute Gasteiger partial charge is 0.462 e. The van der Waals surface area contributed by atoms with Crippen molar-refractivity contribution in [2.75, 3.05) is 0 Å². The molecule has 0 atom stereocenters. The summed E-state index contributed by atoms with van der Waals surface area (Å²) in [6, 6.07) is 7.76. The highest BCUT2D eigenvalue weighted by Gasteiger charge is 2.73. The predicted octanol–water partition coefficient (Wildman–Crippen LogP) is 5.74. The van der Waals surface area contributed by atoms with Crippen molar-refractivity contribution < 1.29 is 35.5 Å². The zero-order valence-corrected chi connectivity index (χ0v) is 15.4. The number of hydrazone groups is 1. The van der Waals surface area contributed by atoms with E-state index in [2.05, 4.69) is 21.0 Å². The van der Waals surface area contributed by atoms with Gasteiger partial charge in [0.1, 0.15) is 12.4 Å². The highest BCUT2D eigenvalue weighted by molar-refractivity contribution is 9.10. The first-order valence-corrected chi connectivity index (χ1v) is 8.32. The van der Waals surface area contributed by atoms with Crippen LogP contribution in [0, 0.1) is 0 Å². The van der Waals surface area contributed by atoms with Crippen LogP contribution in [0.4, 0.5) is 30.7 Å². The fraction of sp³-hybridized carbons (Fsp3) is 0.235. The molecule has 0 aliphatic heterocycles. The third kappa shape index (κ3) is 5.15. The summed E-state index contributed by atoms with van der Waals surface area (Å²) in [4.78, 5) is 0. The van der Waals surface area contributed by atoms with E-state index in [4.69, 9.17) is 4.74 Å². The van der Waals surface area contributed by atoms with Gasteiger partial charge < -0.3 is 4.74 Å². The molecule has 28 heavy (non-hydrogen) atoms. The SMILES string of the molecule is FC(F)(F)C(F)(F)C(F)(F)N/N=C/c1ccc(OCc2ccccc2)c(Br)c1. The van der Waals surface area contributed by atoms with Gasteiger partial charge in [-0.15, -0.1) is 0 Å². The number of hydrogen-bond donors (Lipinski definition) is 1. The molecule has 2 aromatic carbocycles. The van der Waals surface area contributed by atoms with Crippen LogP contribution in [0.2, 0.25) is 0 Å². The van der Waals surface area contributed by atoms with Crippen LogP contribution < -0.4 is 10.2 Å². The molecular formula is C17H12BrF7N2O. The Balaban J connectivity index is 2.02. The summed E-state index contributed by atoms with van der Waals surface area (Å²) in [6.07, 6.45) is -5.76. The quantitative estimate of drug-likeness (QED) is 0.241. The van der Waals surface area contributed by atoms with Gasteiger partial charge in [0, 0.05) is 0 Å². The van der Waals surface area contributed by atoms with E-state index in [1.165, 1.54) is 18.2 Å². The highest BCUT2D eigenvalue weighted by Crippen LogP contribution is 2.45. The number of ether oxygens (including phenoxy) is 1. The van der Waals surface area contributed by atoms with Crippen molar-refractivity contribution in [3.63, 3.8) is 0 Å². The van der Waals surface area contributed by atoms with Crippen molar-refractivity contribution in [1.29, 1.82) is 0 Å². The summed E-state index contributed by atoms with van der Waals surface area (Å²) < 4.78 is 93.7. The normalized spacial score (nSPS) is 13.0. The van der Waals surface area contributed by atoms with Crippen LogP contribution in [0.25, 0.3) is 0 Å². The number of rotatable bonds is 7. The van der Waals surface area contributed by atoms with Gasteiger partial charge in [-0.25, -0.2) is 5.43 Å². The molecule has 0 unspecified atom stereocenters. The van der Waals surface area contributed by atoms with E-state index in [0.29, 0.717) is 21.9 Å². The maximum absolute atomic E-state index is 13.1. The molecule has 11 heteroatoms. The van der Waals surface area contributed by atoms with Gasteiger partial charge in [0.05, 0.1) is 10.7 Å². The Morgan fingerprint density at radius 3 is 2.18 bits per heavy atom. The van der Waals surface area contributed by atoms with Crippen LogP contribution in [0.5, 0.6) is 5.75 Å². The maximum atomic E-state index is 13.1. The Hall–Kier alpha value is -2.30.